The Labute approximate surface area is 106 Å². The van der Waals surface area contributed by atoms with Gasteiger partial charge in [-0.2, -0.15) is 12.6 Å². The van der Waals surface area contributed by atoms with Crippen LogP contribution in [0.15, 0.2) is 0 Å². The van der Waals surface area contributed by atoms with Crippen LogP contribution in [0.4, 0.5) is 0 Å². The van der Waals surface area contributed by atoms with Crippen LogP contribution in [0.3, 0.4) is 0 Å². The van der Waals surface area contributed by atoms with Crippen LogP contribution in [-0.4, -0.2) is 17.7 Å². The second-order valence-corrected chi connectivity index (χ2v) is 5.19. The minimum Gasteiger partial charge on any atom is -0.353 e. The molecule has 0 aliphatic carbocycles. The Morgan fingerprint density at radius 3 is 2.38 bits per heavy atom. The van der Waals surface area contributed by atoms with Crippen LogP contribution < -0.4 is 5.32 Å². The third kappa shape index (κ3) is 6.41. The van der Waals surface area contributed by atoms with Crippen LogP contribution in [0.5, 0.6) is 0 Å². The van der Waals surface area contributed by atoms with Crippen molar-refractivity contribution < 1.29 is 4.79 Å². The summed E-state index contributed by atoms with van der Waals surface area (Å²) in [6.07, 6.45) is 5.12. The highest BCUT2D eigenvalue weighted by molar-refractivity contribution is 7.80. The van der Waals surface area contributed by atoms with Gasteiger partial charge in [-0.1, -0.05) is 46.5 Å². The lowest BCUT2D eigenvalue weighted by molar-refractivity contribution is -0.119. The molecule has 0 fully saturated rings. The maximum atomic E-state index is 11.1. The number of thiol groups is 1. The van der Waals surface area contributed by atoms with Gasteiger partial charge in [-0.15, -0.1) is 0 Å². The molecule has 0 aromatic rings. The van der Waals surface area contributed by atoms with Gasteiger partial charge in [0, 0.05) is 18.7 Å². The molecule has 96 valence electrons. The first-order chi connectivity index (χ1) is 7.52. The molecule has 3 heteroatoms. The molecule has 0 heterocycles. The summed E-state index contributed by atoms with van der Waals surface area (Å²) in [4.78, 5) is 11.1. The van der Waals surface area contributed by atoms with Gasteiger partial charge >= 0.3 is 0 Å². The summed E-state index contributed by atoms with van der Waals surface area (Å²) in [5, 5.41) is 2.99. The molecule has 1 N–H and O–H groups in total. The zero-order valence-electron chi connectivity index (χ0n) is 11.1. The van der Waals surface area contributed by atoms with Crippen molar-refractivity contribution in [3.8, 4) is 0 Å². The number of unbranched alkanes of at least 4 members (excludes halogenated alkanes) is 2. The lowest BCUT2D eigenvalue weighted by Gasteiger charge is -2.28. The van der Waals surface area contributed by atoms with E-state index in [9.17, 15) is 4.79 Å². The first-order valence-electron chi connectivity index (χ1n) is 6.40. The van der Waals surface area contributed by atoms with Crippen molar-refractivity contribution in [2.45, 2.75) is 59.4 Å². The van der Waals surface area contributed by atoms with Crippen LogP contribution in [-0.2, 0) is 4.79 Å². The number of carbonyl (C=O) groups excluding carboxylic acids is 1. The van der Waals surface area contributed by atoms with E-state index in [0.29, 0.717) is 11.8 Å². The van der Waals surface area contributed by atoms with E-state index in [1.165, 1.54) is 25.7 Å². The van der Waals surface area contributed by atoms with E-state index in [4.69, 9.17) is 0 Å². The number of amides is 1. The van der Waals surface area contributed by atoms with Gasteiger partial charge in [0.25, 0.3) is 0 Å². The van der Waals surface area contributed by atoms with Gasteiger partial charge in [-0.05, 0) is 11.8 Å². The fraction of sp³-hybridized carbons (Fsp3) is 0.923. The monoisotopic (exact) mass is 245 g/mol. The van der Waals surface area contributed by atoms with Crippen molar-refractivity contribution in [1.82, 2.24) is 5.32 Å². The van der Waals surface area contributed by atoms with E-state index in [1.54, 1.807) is 6.92 Å². The summed E-state index contributed by atoms with van der Waals surface area (Å²) < 4.78 is 0. The number of carbonyl (C=O) groups is 1. The Balaban J connectivity index is 4.05. The van der Waals surface area contributed by atoms with E-state index < -0.39 is 0 Å². The fourth-order valence-corrected chi connectivity index (χ4v) is 2.40. The highest BCUT2D eigenvalue weighted by Crippen LogP contribution is 2.22. The smallest absolute Gasteiger partial charge is 0.217 e. The van der Waals surface area contributed by atoms with Crippen LogP contribution in [0.25, 0.3) is 0 Å². The van der Waals surface area contributed by atoms with E-state index in [0.717, 1.165) is 5.75 Å². The van der Waals surface area contributed by atoms with Crippen molar-refractivity contribution in [2.24, 2.45) is 11.8 Å². The predicted molar refractivity (Wildman–Crippen MR) is 73.9 cm³/mol. The van der Waals surface area contributed by atoms with E-state index in [-0.39, 0.29) is 11.9 Å². The lowest BCUT2D eigenvalue weighted by atomic mass is 9.86. The first kappa shape index (κ1) is 15.8. The third-order valence-electron chi connectivity index (χ3n) is 3.38. The Kier molecular flexibility index (Phi) is 8.81. The molecule has 0 saturated heterocycles. The third-order valence-corrected chi connectivity index (χ3v) is 3.77. The number of nitrogens with one attached hydrogen (secondary N) is 1. The van der Waals surface area contributed by atoms with Gasteiger partial charge in [0.2, 0.25) is 5.91 Å². The minimum absolute atomic E-state index is 0.0478. The molecule has 0 rings (SSSR count). The highest BCUT2D eigenvalue weighted by atomic mass is 32.1. The standard InChI is InChI=1S/C13H27NOS/c1-5-6-7-8-10(2)11(3)13(9-16)14-12(4)15/h10-11,13,16H,5-9H2,1-4H3,(H,14,15). The van der Waals surface area contributed by atoms with Gasteiger partial charge in [0.05, 0.1) is 0 Å². The fourth-order valence-electron chi connectivity index (χ4n) is 1.98. The van der Waals surface area contributed by atoms with Crippen molar-refractivity contribution in [2.75, 3.05) is 5.75 Å². The Morgan fingerprint density at radius 2 is 1.94 bits per heavy atom. The van der Waals surface area contributed by atoms with Gasteiger partial charge in [-0.3, -0.25) is 4.79 Å². The molecule has 0 aliphatic heterocycles. The van der Waals surface area contributed by atoms with Crippen molar-refractivity contribution >= 4 is 18.5 Å². The average molecular weight is 245 g/mol. The second-order valence-electron chi connectivity index (χ2n) is 4.82. The summed E-state index contributed by atoms with van der Waals surface area (Å²) in [5.41, 5.74) is 0. The SMILES string of the molecule is CCCCCC(C)C(C)C(CS)NC(C)=O. The zero-order chi connectivity index (χ0) is 12.6. The van der Waals surface area contributed by atoms with E-state index in [2.05, 4.69) is 38.7 Å². The molecule has 0 saturated carbocycles. The normalized spacial score (nSPS) is 16.6. The highest BCUT2D eigenvalue weighted by Gasteiger charge is 2.21. The summed E-state index contributed by atoms with van der Waals surface area (Å²) in [6.45, 7) is 8.29. The average Bonchev–Trinajstić information content (AvgIpc) is 2.24. The molecule has 3 atom stereocenters. The zero-order valence-corrected chi connectivity index (χ0v) is 12.0. The number of hydrogen-bond acceptors (Lipinski definition) is 2. The summed E-state index contributed by atoms with van der Waals surface area (Å²) >= 11 is 4.32. The predicted octanol–water partition coefficient (Wildman–Crippen LogP) is 3.27. The first-order valence-corrected chi connectivity index (χ1v) is 7.04. The molecule has 0 bridgehead atoms. The van der Waals surface area contributed by atoms with Crippen LogP contribution in [0.1, 0.15) is 53.4 Å². The van der Waals surface area contributed by atoms with Crippen LogP contribution in [0.2, 0.25) is 0 Å². The summed E-state index contributed by atoms with van der Waals surface area (Å²) in [5.74, 6) is 1.92. The van der Waals surface area contributed by atoms with Gasteiger partial charge in [0.1, 0.15) is 0 Å². The number of rotatable bonds is 8. The molecule has 0 spiro atoms. The van der Waals surface area contributed by atoms with Crippen LogP contribution in [0, 0.1) is 11.8 Å². The maximum absolute atomic E-state index is 11.1. The lowest BCUT2D eigenvalue weighted by Crippen LogP contribution is -2.41. The summed E-state index contributed by atoms with van der Waals surface area (Å²) in [7, 11) is 0. The Morgan fingerprint density at radius 1 is 1.31 bits per heavy atom. The van der Waals surface area contributed by atoms with Gasteiger partial charge in [-0.25, -0.2) is 0 Å². The Bertz CT molecular complexity index is 196. The van der Waals surface area contributed by atoms with Crippen molar-refractivity contribution in [1.29, 1.82) is 0 Å². The Hall–Kier alpha value is -0.180. The molecule has 2 nitrogen and oxygen atoms in total. The van der Waals surface area contributed by atoms with E-state index >= 15 is 0 Å². The minimum atomic E-state index is 0.0478. The van der Waals surface area contributed by atoms with Crippen molar-refractivity contribution in [3.63, 3.8) is 0 Å². The molecule has 0 aliphatic rings. The molecule has 0 aromatic heterocycles. The number of hydrogen-bond donors (Lipinski definition) is 2. The molecule has 0 aromatic carbocycles. The topological polar surface area (TPSA) is 29.1 Å². The quantitative estimate of drug-likeness (QED) is 0.499. The largest absolute Gasteiger partial charge is 0.353 e. The van der Waals surface area contributed by atoms with Crippen molar-refractivity contribution in [3.05, 3.63) is 0 Å². The van der Waals surface area contributed by atoms with Crippen LogP contribution >= 0.6 is 12.6 Å². The van der Waals surface area contributed by atoms with Gasteiger partial charge < -0.3 is 5.32 Å². The summed E-state index contributed by atoms with van der Waals surface area (Å²) in [6, 6.07) is 0.206. The molecule has 16 heavy (non-hydrogen) atoms. The molecule has 3 unspecified atom stereocenters. The van der Waals surface area contributed by atoms with Gasteiger partial charge in [0.15, 0.2) is 0 Å². The molecular formula is C13H27NOS. The van der Waals surface area contributed by atoms with E-state index in [1.807, 2.05) is 0 Å². The molecular weight excluding hydrogens is 218 g/mol. The molecule has 1 amide bonds. The second kappa shape index (κ2) is 8.91. The molecule has 0 radical (unpaired) electrons. The maximum Gasteiger partial charge on any atom is 0.217 e.